The predicted octanol–water partition coefficient (Wildman–Crippen LogP) is 1.99. The molecule has 2 fully saturated rings. The van der Waals surface area contributed by atoms with E-state index in [9.17, 15) is 5.11 Å². The zero-order valence-electron chi connectivity index (χ0n) is 16.0. The fourth-order valence-electron chi connectivity index (χ4n) is 4.76. The van der Waals surface area contributed by atoms with Crippen molar-refractivity contribution in [2.75, 3.05) is 32.9 Å². The minimum Gasteiger partial charge on any atom is -0.389 e. The van der Waals surface area contributed by atoms with Crippen molar-refractivity contribution in [3.63, 3.8) is 0 Å². The summed E-state index contributed by atoms with van der Waals surface area (Å²) in [7, 11) is 2.17. The summed E-state index contributed by atoms with van der Waals surface area (Å²) in [4.78, 5) is 7.41. The lowest BCUT2D eigenvalue weighted by atomic mass is 10.0. The first-order valence-electron chi connectivity index (χ1n) is 10.4. The second-order valence-electron chi connectivity index (χ2n) is 8.08. The van der Waals surface area contributed by atoms with Crippen LogP contribution in [0.5, 0.6) is 0 Å². The van der Waals surface area contributed by atoms with E-state index in [1.807, 2.05) is 0 Å². The highest BCUT2D eigenvalue weighted by Crippen LogP contribution is 2.33. The van der Waals surface area contributed by atoms with Gasteiger partial charge in [0.15, 0.2) is 0 Å². The van der Waals surface area contributed by atoms with Crippen LogP contribution in [0.2, 0.25) is 0 Å². The third kappa shape index (κ3) is 3.98. The quantitative estimate of drug-likeness (QED) is 0.838. The molecule has 6 nitrogen and oxygen atoms in total. The molecule has 0 saturated carbocycles. The highest BCUT2D eigenvalue weighted by atomic mass is 16.5. The van der Waals surface area contributed by atoms with E-state index < -0.39 is 6.10 Å². The number of aromatic nitrogens is 2. The Morgan fingerprint density at radius 2 is 2.00 bits per heavy atom. The van der Waals surface area contributed by atoms with Crippen LogP contribution in [0, 0.1) is 0 Å². The van der Waals surface area contributed by atoms with Gasteiger partial charge in [0, 0.05) is 32.5 Å². The Bertz CT molecular complexity index is 597. The van der Waals surface area contributed by atoms with E-state index in [2.05, 4.69) is 16.5 Å². The van der Waals surface area contributed by atoms with Gasteiger partial charge in [-0.3, -0.25) is 4.90 Å². The molecule has 2 saturated heterocycles. The van der Waals surface area contributed by atoms with Crippen molar-refractivity contribution >= 4 is 0 Å². The minimum atomic E-state index is -0.437. The molecule has 2 atom stereocenters. The number of rotatable bonds is 6. The molecule has 1 aromatic heterocycles. The third-order valence-corrected chi connectivity index (χ3v) is 6.21. The Kier molecular flexibility index (Phi) is 5.93. The van der Waals surface area contributed by atoms with Gasteiger partial charge in [-0.15, -0.1) is 0 Å². The molecule has 26 heavy (non-hydrogen) atoms. The number of imidazole rings is 1. The van der Waals surface area contributed by atoms with Crippen molar-refractivity contribution in [1.82, 2.24) is 14.5 Å². The van der Waals surface area contributed by atoms with Crippen molar-refractivity contribution in [2.24, 2.45) is 7.05 Å². The van der Waals surface area contributed by atoms with Gasteiger partial charge in [-0.2, -0.15) is 0 Å². The van der Waals surface area contributed by atoms with Crippen molar-refractivity contribution in [3.05, 3.63) is 17.2 Å². The number of aliphatic hydroxyl groups excluding tert-OH is 1. The zero-order chi connectivity index (χ0) is 17.9. The van der Waals surface area contributed by atoms with Crippen LogP contribution in [0.3, 0.4) is 0 Å². The molecule has 3 heterocycles. The molecular formula is C20H33N3O3. The Morgan fingerprint density at radius 1 is 1.19 bits per heavy atom. The van der Waals surface area contributed by atoms with E-state index in [4.69, 9.17) is 14.5 Å². The number of hydrogen-bond donors (Lipinski definition) is 1. The van der Waals surface area contributed by atoms with Crippen molar-refractivity contribution in [3.8, 4) is 0 Å². The number of aryl methyl sites for hydroxylation is 1. The van der Waals surface area contributed by atoms with E-state index in [1.54, 1.807) is 0 Å². The second-order valence-corrected chi connectivity index (χ2v) is 8.08. The highest BCUT2D eigenvalue weighted by Gasteiger charge is 2.32. The van der Waals surface area contributed by atoms with Gasteiger partial charge >= 0.3 is 0 Å². The maximum Gasteiger partial charge on any atom is 0.126 e. The van der Waals surface area contributed by atoms with Crippen LogP contribution in [0.4, 0.5) is 0 Å². The molecule has 3 aliphatic rings. The maximum absolute atomic E-state index is 10.5. The second kappa shape index (κ2) is 8.38. The van der Waals surface area contributed by atoms with Gasteiger partial charge in [0.25, 0.3) is 0 Å². The normalized spacial score (nSPS) is 26.2. The monoisotopic (exact) mass is 363 g/mol. The number of aliphatic hydroxyl groups is 1. The molecule has 0 radical (unpaired) electrons. The smallest absolute Gasteiger partial charge is 0.126 e. The van der Waals surface area contributed by atoms with Gasteiger partial charge in [-0.25, -0.2) is 4.98 Å². The Balaban J connectivity index is 1.35. The molecule has 146 valence electrons. The molecule has 6 heteroatoms. The van der Waals surface area contributed by atoms with Gasteiger partial charge in [0.2, 0.25) is 0 Å². The van der Waals surface area contributed by atoms with Crippen LogP contribution in [-0.4, -0.2) is 64.7 Å². The molecule has 0 aromatic carbocycles. The summed E-state index contributed by atoms with van der Waals surface area (Å²) in [5.41, 5.74) is 2.74. The standard InChI is InChI=1S/C20H33N3O3/c1-22-18-6-3-2-5-17(18)21-20(22)19-7-4-10-23(19)13-15(24)14-26-16-8-11-25-12-9-16/h15-16,19,24H,2-14H2,1H3/t15-,19-/m1/s1. The molecule has 0 unspecified atom stereocenters. The van der Waals surface area contributed by atoms with Gasteiger partial charge in [0.05, 0.1) is 30.6 Å². The highest BCUT2D eigenvalue weighted by molar-refractivity contribution is 5.22. The molecule has 0 amide bonds. The largest absolute Gasteiger partial charge is 0.389 e. The summed E-state index contributed by atoms with van der Waals surface area (Å²) in [6, 6.07) is 0.336. The number of likely N-dealkylation sites (tertiary alicyclic amines) is 1. The number of β-amino-alcohol motifs (C(OH)–C–C–N with tert-alkyl or cyclic N) is 1. The van der Waals surface area contributed by atoms with Crippen LogP contribution < -0.4 is 0 Å². The fourth-order valence-corrected chi connectivity index (χ4v) is 4.76. The van der Waals surface area contributed by atoms with Crippen molar-refractivity contribution < 1.29 is 14.6 Å². The summed E-state index contributed by atoms with van der Waals surface area (Å²) in [5, 5.41) is 10.5. The minimum absolute atomic E-state index is 0.244. The van der Waals surface area contributed by atoms with Gasteiger partial charge < -0.3 is 19.1 Å². The van der Waals surface area contributed by atoms with Gasteiger partial charge in [0.1, 0.15) is 5.82 Å². The SMILES string of the molecule is Cn1c([C@H]2CCCN2C[C@@H](O)COC2CCOCC2)nc2c1CCCC2. The molecule has 1 N–H and O–H groups in total. The number of hydrogen-bond acceptors (Lipinski definition) is 5. The maximum atomic E-state index is 10.5. The molecule has 1 aromatic rings. The molecule has 2 aliphatic heterocycles. The van der Waals surface area contributed by atoms with Crippen LogP contribution in [0.25, 0.3) is 0 Å². The summed E-state index contributed by atoms with van der Waals surface area (Å²) in [6.07, 6.45) is 8.83. The first kappa shape index (κ1) is 18.4. The predicted molar refractivity (Wildman–Crippen MR) is 99.2 cm³/mol. The third-order valence-electron chi connectivity index (χ3n) is 6.21. The average molecular weight is 364 g/mol. The molecule has 1 aliphatic carbocycles. The van der Waals surface area contributed by atoms with Crippen molar-refractivity contribution in [1.29, 1.82) is 0 Å². The summed E-state index contributed by atoms with van der Waals surface area (Å²) in [5.74, 6) is 1.20. The van der Waals surface area contributed by atoms with E-state index >= 15 is 0 Å². The van der Waals surface area contributed by atoms with Gasteiger partial charge in [-0.1, -0.05) is 0 Å². The lowest BCUT2D eigenvalue weighted by Crippen LogP contribution is -2.37. The summed E-state index contributed by atoms with van der Waals surface area (Å²) < 4.78 is 13.6. The lowest BCUT2D eigenvalue weighted by molar-refractivity contribution is -0.0648. The molecule has 0 spiro atoms. The zero-order valence-corrected chi connectivity index (χ0v) is 16.0. The topological polar surface area (TPSA) is 59.8 Å². The van der Waals surface area contributed by atoms with E-state index in [-0.39, 0.29) is 6.10 Å². The summed E-state index contributed by atoms with van der Waals surface area (Å²) >= 11 is 0. The summed E-state index contributed by atoms with van der Waals surface area (Å²) in [6.45, 7) is 3.68. The van der Waals surface area contributed by atoms with E-state index in [0.29, 0.717) is 19.2 Å². The van der Waals surface area contributed by atoms with Crippen LogP contribution in [0.1, 0.15) is 61.8 Å². The lowest BCUT2D eigenvalue weighted by Gasteiger charge is -2.28. The Hall–Kier alpha value is -0.950. The van der Waals surface area contributed by atoms with Gasteiger partial charge in [-0.05, 0) is 57.9 Å². The van der Waals surface area contributed by atoms with Crippen molar-refractivity contribution in [2.45, 2.75) is 69.6 Å². The fraction of sp³-hybridized carbons (Fsp3) is 0.850. The van der Waals surface area contributed by atoms with E-state index in [1.165, 1.54) is 36.5 Å². The molecule has 4 rings (SSSR count). The van der Waals surface area contributed by atoms with E-state index in [0.717, 1.165) is 51.9 Å². The molecule has 0 bridgehead atoms. The molecular weight excluding hydrogens is 330 g/mol. The number of fused-ring (bicyclic) bond motifs is 1. The number of nitrogens with zero attached hydrogens (tertiary/aromatic N) is 3. The first-order chi connectivity index (χ1) is 12.7. The Labute approximate surface area is 156 Å². The Morgan fingerprint density at radius 3 is 2.81 bits per heavy atom. The van der Waals surface area contributed by atoms with Crippen LogP contribution in [-0.2, 0) is 29.4 Å². The number of ether oxygens (including phenoxy) is 2. The van der Waals surface area contributed by atoms with Crippen LogP contribution >= 0.6 is 0 Å². The first-order valence-corrected chi connectivity index (χ1v) is 10.4. The average Bonchev–Trinajstić information content (AvgIpc) is 3.25. The van der Waals surface area contributed by atoms with Crippen LogP contribution in [0.15, 0.2) is 0 Å².